The molecule has 1 aliphatic rings. The number of benzene rings is 2. The number of rotatable bonds is 4. The highest BCUT2D eigenvalue weighted by atomic mass is 16.5. The van der Waals surface area contributed by atoms with Crippen LogP contribution in [-0.2, 0) is 4.74 Å². The molecule has 5 heteroatoms. The average Bonchev–Trinajstić information content (AvgIpc) is 3.28. The van der Waals surface area contributed by atoms with Crippen LogP contribution in [0.2, 0.25) is 0 Å². The molecule has 122 valence electrons. The third kappa shape index (κ3) is 2.29. The average molecular weight is 322 g/mol. The van der Waals surface area contributed by atoms with Gasteiger partial charge < -0.3 is 19.2 Å². The highest BCUT2D eigenvalue weighted by Gasteiger charge is 2.22. The van der Waals surface area contributed by atoms with E-state index in [-0.39, 0.29) is 0 Å². The molecule has 2 aromatic carbocycles. The Morgan fingerprint density at radius 2 is 1.79 bits per heavy atom. The van der Waals surface area contributed by atoms with Gasteiger partial charge in [-0.1, -0.05) is 30.3 Å². The molecule has 5 nitrogen and oxygen atoms in total. The zero-order valence-corrected chi connectivity index (χ0v) is 13.6. The Hall–Kier alpha value is -2.95. The summed E-state index contributed by atoms with van der Waals surface area (Å²) in [6.45, 7) is 1.30. The molecule has 3 aromatic rings. The van der Waals surface area contributed by atoms with Gasteiger partial charge in [0.2, 0.25) is 5.90 Å². The molecule has 0 saturated heterocycles. The summed E-state index contributed by atoms with van der Waals surface area (Å²) in [7, 11) is 3.28. The molecular weight excluding hydrogens is 304 g/mol. The molecule has 0 unspecified atom stereocenters. The van der Waals surface area contributed by atoms with Gasteiger partial charge >= 0.3 is 0 Å². The third-order valence-corrected chi connectivity index (χ3v) is 4.16. The molecule has 0 fully saturated rings. The number of aliphatic imine (C=N–C) groups is 1. The van der Waals surface area contributed by atoms with Crippen LogP contribution in [0.25, 0.3) is 22.0 Å². The first-order chi connectivity index (χ1) is 11.8. The van der Waals surface area contributed by atoms with Crippen molar-refractivity contribution < 1.29 is 14.2 Å². The summed E-state index contributed by atoms with van der Waals surface area (Å²) in [6.07, 6.45) is 0. The number of nitrogens with zero attached hydrogens (tertiary/aromatic N) is 1. The maximum absolute atomic E-state index is 5.70. The van der Waals surface area contributed by atoms with Gasteiger partial charge in [0.15, 0.2) is 11.5 Å². The van der Waals surface area contributed by atoms with Crippen LogP contribution in [0.5, 0.6) is 11.5 Å². The molecule has 1 aromatic heterocycles. The molecule has 1 N–H and O–H groups in total. The van der Waals surface area contributed by atoms with E-state index in [4.69, 9.17) is 14.2 Å². The van der Waals surface area contributed by atoms with E-state index in [1.807, 2.05) is 30.3 Å². The first kappa shape index (κ1) is 14.6. The van der Waals surface area contributed by atoms with Gasteiger partial charge in [-0.2, -0.15) is 0 Å². The largest absolute Gasteiger partial charge is 0.493 e. The highest BCUT2D eigenvalue weighted by Crippen LogP contribution is 2.39. The fourth-order valence-corrected chi connectivity index (χ4v) is 3.07. The lowest BCUT2D eigenvalue weighted by atomic mass is 10.0. The number of methoxy groups -OCH3 is 2. The summed E-state index contributed by atoms with van der Waals surface area (Å²) in [4.78, 5) is 7.91. The molecule has 0 aliphatic carbocycles. The number of nitrogens with one attached hydrogen (secondary N) is 1. The summed E-state index contributed by atoms with van der Waals surface area (Å²) in [5.41, 5.74) is 4.01. The van der Waals surface area contributed by atoms with Crippen LogP contribution in [0.15, 0.2) is 47.5 Å². The summed E-state index contributed by atoms with van der Waals surface area (Å²) in [5, 5.41) is 1.05. The highest BCUT2D eigenvalue weighted by molar-refractivity contribution is 6.10. The standard InChI is InChI=1S/C19H18N2O3/c1-22-15-10-13-14(11-16(15)23-2)21-18(19-20-8-9-24-19)17(13)12-6-4-3-5-7-12/h3-7,10-11,21H,8-9H2,1-2H3. The second-order valence-electron chi connectivity index (χ2n) is 5.53. The first-order valence-electron chi connectivity index (χ1n) is 7.82. The molecule has 24 heavy (non-hydrogen) atoms. The van der Waals surface area contributed by atoms with Crippen molar-refractivity contribution in [3.05, 3.63) is 48.2 Å². The van der Waals surface area contributed by atoms with E-state index in [0.717, 1.165) is 27.7 Å². The van der Waals surface area contributed by atoms with Crippen LogP contribution >= 0.6 is 0 Å². The molecule has 0 atom stereocenters. The Bertz CT molecular complexity index is 913. The van der Waals surface area contributed by atoms with Crippen molar-refractivity contribution in [2.75, 3.05) is 27.4 Å². The van der Waals surface area contributed by atoms with Crippen molar-refractivity contribution in [3.8, 4) is 22.6 Å². The quantitative estimate of drug-likeness (QED) is 0.798. The molecule has 0 radical (unpaired) electrons. The number of ether oxygens (including phenoxy) is 3. The van der Waals surface area contributed by atoms with E-state index in [9.17, 15) is 0 Å². The minimum absolute atomic E-state index is 0.617. The first-order valence-corrected chi connectivity index (χ1v) is 7.82. The Labute approximate surface area is 139 Å². The molecule has 1 aliphatic heterocycles. The maximum atomic E-state index is 5.70. The van der Waals surface area contributed by atoms with E-state index in [1.165, 1.54) is 0 Å². The van der Waals surface area contributed by atoms with Crippen molar-refractivity contribution in [2.45, 2.75) is 0 Å². The monoisotopic (exact) mass is 322 g/mol. The molecule has 0 spiro atoms. The molecule has 4 rings (SSSR count). The zero-order valence-electron chi connectivity index (χ0n) is 13.6. The van der Waals surface area contributed by atoms with E-state index in [2.05, 4.69) is 22.1 Å². The minimum Gasteiger partial charge on any atom is -0.493 e. The van der Waals surface area contributed by atoms with Crippen LogP contribution in [0, 0.1) is 0 Å². The van der Waals surface area contributed by atoms with Gasteiger partial charge in [0, 0.05) is 17.0 Å². The summed E-state index contributed by atoms with van der Waals surface area (Å²) in [6, 6.07) is 14.2. The lowest BCUT2D eigenvalue weighted by Crippen LogP contribution is -2.03. The Morgan fingerprint density at radius 3 is 2.46 bits per heavy atom. The SMILES string of the molecule is COc1cc2[nH]c(C3=NCCO3)c(-c3ccccc3)c2cc1OC. The predicted molar refractivity (Wildman–Crippen MR) is 94.2 cm³/mol. The Balaban J connectivity index is 2.03. The lowest BCUT2D eigenvalue weighted by molar-refractivity contribution is 0.347. The van der Waals surface area contributed by atoms with Crippen molar-refractivity contribution >= 4 is 16.8 Å². The van der Waals surface area contributed by atoms with Crippen molar-refractivity contribution in [1.82, 2.24) is 4.98 Å². The van der Waals surface area contributed by atoms with E-state index in [0.29, 0.717) is 30.5 Å². The predicted octanol–water partition coefficient (Wildman–Crippen LogP) is 3.63. The smallest absolute Gasteiger partial charge is 0.233 e. The molecular formula is C19H18N2O3. The van der Waals surface area contributed by atoms with Crippen LogP contribution in [0.3, 0.4) is 0 Å². The van der Waals surface area contributed by atoms with Crippen molar-refractivity contribution in [1.29, 1.82) is 0 Å². The second-order valence-corrected chi connectivity index (χ2v) is 5.53. The van der Waals surface area contributed by atoms with Crippen LogP contribution in [0.4, 0.5) is 0 Å². The molecule has 0 amide bonds. The van der Waals surface area contributed by atoms with Crippen LogP contribution < -0.4 is 9.47 Å². The summed E-state index contributed by atoms with van der Waals surface area (Å²) >= 11 is 0. The maximum Gasteiger partial charge on any atom is 0.233 e. The number of aromatic nitrogens is 1. The van der Waals surface area contributed by atoms with Gasteiger partial charge in [0.1, 0.15) is 12.3 Å². The van der Waals surface area contributed by atoms with Crippen LogP contribution in [-0.4, -0.2) is 38.3 Å². The summed E-state index contributed by atoms with van der Waals surface area (Å²) in [5.74, 6) is 2.04. The number of hydrogen-bond acceptors (Lipinski definition) is 4. The van der Waals surface area contributed by atoms with Gasteiger partial charge in [0.25, 0.3) is 0 Å². The second kappa shape index (κ2) is 5.92. The van der Waals surface area contributed by atoms with Crippen molar-refractivity contribution in [2.24, 2.45) is 4.99 Å². The number of H-pyrrole nitrogens is 1. The zero-order chi connectivity index (χ0) is 16.5. The Kier molecular flexibility index (Phi) is 3.61. The lowest BCUT2D eigenvalue weighted by Gasteiger charge is -2.08. The van der Waals surface area contributed by atoms with Gasteiger partial charge in [-0.3, -0.25) is 0 Å². The summed E-state index contributed by atoms with van der Waals surface area (Å²) < 4.78 is 16.6. The number of aromatic amines is 1. The third-order valence-electron chi connectivity index (χ3n) is 4.16. The molecule has 2 heterocycles. The van der Waals surface area contributed by atoms with E-state index in [1.54, 1.807) is 14.2 Å². The minimum atomic E-state index is 0.617. The fraction of sp³-hybridized carbons (Fsp3) is 0.211. The van der Waals surface area contributed by atoms with Crippen molar-refractivity contribution in [3.63, 3.8) is 0 Å². The van der Waals surface area contributed by atoms with Gasteiger partial charge in [-0.05, 0) is 11.6 Å². The van der Waals surface area contributed by atoms with Gasteiger partial charge in [-0.25, -0.2) is 4.99 Å². The Morgan fingerprint density at radius 1 is 1.04 bits per heavy atom. The topological polar surface area (TPSA) is 55.8 Å². The molecule has 0 bridgehead atoms. The normalized spacial score (nSPS) is 13.7. The number of fused-ring (bicyclic) bond motifs is 1. The van der Waals surface area contributed by atoms with E-state index < -0.39 is 0 Å². The van der Waals surface area contributed by atoms with Crippen LogP contribution in [0.1, 0.15) is 5.69 Å². The van der Waals surface area contributed by atoms with Gasteiger partial charge in [0.05, 0.1) is 26.3 Å². The van der Waals surface area contributed by atoms with Gasteiger partial charge in [-0.15, -0.1) is 0 Å². The number of hydrogen-bond donors (Lipinski definition) is 1. The van der Waals surface area contributed by atoms with E-state index >= 15 is 0 Å². The fourth-order valence-electron chi connectivity index (χ4n) is 3.07. The molecule has 0 saturated carbocycles.